The predicted octanol–water partition coefficient (Wildman–Crippen LogP) is 0.0206. The maximum absolute atomic E-state index is 11.2. The van der Waals surface area contributed by atoms with Gasteiger partial charge in [-0.25, -0.2) is 4.79 Å². The highest BCUT2D eigenvalue weighted by molar-refractivity contribution is 6.14. The minimum atomic E-state index is -1.16. The van der Waals surface area contributed by atoms with Gasteiger partial charge in [0.05, 0.1) is 0 Å². The molecule has 0 aromatic rings. The van der Waals surface area contributed by atoms with E-state index in [1.54, 1.807) is 13.8 Å². The molecule has 1 heterocycles. The topological polar surface area (TPSA) is 74.7 Å². The van der Waals surface area contributed by atoms with Gasteiger partial charge in [-0.1, -0.05) is 13.8 Å². The summed E-state index contributed by atoms with van der Waals surface area (Å²) in [5.74, 6) is -2.59. The molecule has 1 aliphatic rings. The van der Waals surface area contributed by atoms with E-state index < -0.39 is 23.8 Å². The first-order valence-electron chi connectivity index (χ1n) is 4.23. The molecule has 2 amide bonds. The maximum Gasteiger partial charge on any atom is 0.327 e. The lowest BCUT2D eigenvalue weighted by Crippen LogP contribution is -2.47. The van der Waals surface area contributed by atoms with Gasteiger partial charge in [-0.05, 0) is 5.92 Å². The lowest BCUT2D eigenvalue weighted by atomic mass is 10.0. The van der Waals surface area contributed by atoms with Gasteiger partial charge in [-0.15, -0.1) is 0 Å². The van der Waals surface area contributed by atoms with Crippen molar-refractivity contribution in [3.63, 3.8) is 0 Å². The maximum atomic E-state index is 11.2. The van der Waals surface area contributed by atoms with Crippen LogP contribution in [0.4, 0.5) is 0 Å². The fraction of sp³-hybridized carbons (Fsp3) is 0.444. The SMILES string of the molecule is CC(C)[C@@H](C(=O)O)N1C(=O)C=CC1=O. The Hall–Kier alpha value is -1.65. The molecule has 1 rings (SSSR count). The van der Waals surface area contributed by atoms with Gasteiger partial charge in [0.25, 0.3) is 11.8 Å². The fourth-order valence-corrected chi connectivity index (χ4v) is 1.38. The summed E-state index contributed by atoms with van der Waals surface area (Å²) < 4.78 is 0. The minimum absolute atomic E-state index is 0.305. The largest absolute Gasteiger partial charge is 0.480 e. The van der Waals surface area contributed by atoms with Crippen LogP contribution in [-0.2, 0) is 14.4 Å². The molecule has 1 N–H and O–H groups in total. The zero-order valence-electron chi connectivity index (χ0n) is 7.93. The number of nitrogens with zero attached hydrogens (tertiary/aromatic N) is 1. The van der Waals surface area contributed by atoms with Crippen LogP contribution in [0.2, 0.25) is 0 Å². The molecule has 5 nitrogen and oxygen atoms in total. The number of carbonyl (C=O) groups is 3. The molecule has 5 heteroatoms. The van der Waals surface area contributed by atoms with Gasteiger partial charge < -0.3 is 5.11 Å². The number of aliphatic carboxylic acids is 1. The summed E-state index contributed by atoms with van der Waals surface area (Å²) in [5.41, 5.74) is 0. The van der Waals surface area contributed by atoms with Gasteiger partial charge in [0.2, 0.25) is 0 Å². The second kappa shape index (κ2) is 3.61. The number of rotatable bonds is 3. The molecule has 0 spiro atoms. The number of hydrogen-bond donors (Lipinski definition) is 1. The van der Waals surface area contributed by atoms with Crippen molar-refractivity contribution in [2.75, 3.05) is 0 Å². The number of imide groups is 1. The lowest BCUT2D eigenvalue weighted by molar-refractivity contribution is -0.155. The molecule has 0 aromatic heterocycles. The van der Waals surface area contributed by atoms with Gasteiger partial charge >= 0.3 is 5.97 Å². The van der Waals surface area contributed by atoms with Crippen LogP contribution in [-0.4, -0.2) is 33.8 Å². The molecular formula is C9H11NO4. The smallest absolute Gasteiger partial charge is 0.327 e. The third-order valence-electron chi connectivity index (χ3n) is 2.01. The molecule has 0 aromatic carbocycles. The average molecular weight is 197 g/mol. The zero-order chi connectivity index (χ0) is 10.9. The third-order valence-corrected chi connectivity index (χ3v) is 2.01. The summed E-state index contributed by atoms with van der Waals surface area (Å²) in [7, 11) is 0. The third kappa shape index (κ3) is 1.66. The molecule has 1 atom stereocenters. The highest BCUT2D eigenvalue weighted by Gasteiger charge is 2.37. The molecule has 76 valence electrons. The van der Waals surface area contributed by atoms with Gasteiger partial charge in [0, 0.05) is 12.2 Å². The van der Waals surface area contributed by atoms with Crippen LogP contribution in [0.3, 0.4) is 0 Å². The van der Waals surface area contributed by atoms with E-state index in [9.17, 15) is 14.4 Å². The number of carboxylic acids is 1. The zero-order valence-corrected chi connectivity index (χ0v) is 7.93. The van der Waals surface area contributed by atoms with Crippen LogP contribution in [0, 0.1) is 5.92 Å². The van der Waals surface area contributed by atoms with Crippen LogP contribution >= 0.6 is 0 Å². The first-order chi connectivity index (χ1) is 6.45. The normalized spacial score (nSPS) is 18.1. The Kier molecular flexibility index (Phi) is 2.69. The van der Waals surface area contributed by atoms with Gasteiger partial charge in [0.1, 0.15) is 6.04 Å². The van der Waals surface area contributed by atoms with E-state index in [0.717, 1.165) is 17.1 Å². The number of amides is 2. The number of carbonyl (C=O) groups excluding carboxylic acids is 2. The molecule has 0 fully saturated rings. The van der Waals surface area contributed by atoms with Crippen molar-refractivity contribution in [1.29, 1.82) is 0 Å². The van der Waals surface area contributed by atoms with Crippen molar-refractivity contribution < 1.29 is 19.5 Å². The molecule has 0 unspecified atom stereocenters. The van der Waals surface area contributed by atoms with Crippen LogP contribution in [0.25, 0.3) is 0 Å². The number of hydrogen-bond acceptors (Lipinski definition) is 3. The van der Waals surface area contributed by atoms with Crippen molar-refractivity contribution in [1.82, 2.24) is 4.90 Å². The van der Waals surface area contributed by atoms with E-state index >= 15 is 0 Å². The molecule has 0 aliphatic carbocycles. The van der Waals surface area contributed by atoms with Gasteiger partial charge in [-0.2, -0.15) is 0 Å². The summed E-state index contributed by atoms with van der Waals surface area (Å²) in [6.45, 7) is 3.30. The highest BCUT2D eigenvalue weighted by Crippen LogP contribution is 2.16. The second-order valence-corrected chi connectivity index (χ2v) is 3.41. The minimum Gasteiger partial charge on any atom is -0.480 e. The fourth-order valence-electron chi connectivity index (χ4n) is 1.38. The first kappa shape index (κ1) is 10.4. The average Bonchev–Trinajstić information content (AvgIpc) is 2.34. The molecule has 1 aliphatic heterocycles. The summed E-state index contributed by atoms with van der Waals surface area (Å²) in [6, 6.07) is -1.08. The van der Waals surface area contributed by atoms with E-state index in [4.69, 9.17) is 5.11 Å². The Morgan fingerprint density at radius 3 is 2.00 bits per heavy atom. The Morgan fingerprint density at radius 1 is 1.29 bits per heavy atom. The van der Waals surface area contributed by atoms with Crippen LogP contribution in [0.15, 0.2) is 12.2 Å². The summed E-state index contributed by atoms with van der Waals surface area (Å²) in [6.07, 6.45) is 2.17. The lowest BCUT2D eigenvalue weighted by Gasteiger charge is -2.25. The Bertz CT molecular complexity index is 301. The predicted molar refractivity (Wildman–Crippen MR) is 47.3 cm³/mol. The highest BCUT2D eigenvalue weighted by atomic mass is 16.4. The van der Waals surface area contributed by atoms with Gasteiger partial charge in [0.15, 0.2) is 0 Å². The monoisotopic (exact) mass is 197 g/mol. The molecule has 0 saturated carbocycles. The van der Waals surface area contributed by atoms with E-state index in [2.05, 4.69) is 0 Å². The molecule has 0 saturated heterocycles. The Labute approximate surface area is 81.0 Å². The summed E-state index contributed by atoms with van der Waals surface area (Å²) in [4.78, 5) is 34.0. The Morgan fingerprint density at radius 2 is 1.71 bits per heavy atom. The summed E-state index contributed by atoms with van der Waals surface area (Å²) >= 11 is 0. The molecular weight excluding hydrogens is 186 g/mol. The van der Waals surface area contributed by atoms with Crippen molar-refractivity contribution in [3.05, 3.63) is 12.2 Å². The standard InChI is InChI=1S/C9H11NO4/c1-5(2)8(9(13)14)10-6(11)3-4-7(10)12/h3-5,8H,1-2H3,(H,13,14)/t8-/m0/s1. The van der Waals surface area contributed by atoms with Gasteiger partial charge in [-0.3, -0.25) is 14.5 Å². The van der Waals surface area contributed by atoms with Crippen LogP contribution in [0.1, 0.15) is 13.8 Å². The Balaban J connectivity index is 2.95. The van der Waals surface area contributed by atoms with E-state index in [1.165, 1.54) is 0 Å². The van der Waals surface area contributed by atoms with E-state index in [-0.39, 0.29) is 5.92 Å². The van der Waals surface area contributed by atoms with Crippen molar-refractivity contribution in [3.8, 4) is 0 Å². The van der Waals surface area contributed by atoms with E-state index in [1.807, 2.05) is 0 Å². The molecule has 0 radical (unpaired) electrons. The first-order valence-corrected chi connectivity index (χ1v) is 4.23. The van der Waals surface area contributed by atoms with Crippen molar-refractivity contribution >= 4 is 17.8 Å². The van der Waals surface area contributed by atoms with Crippen molar-refractivity contribution in [2.45, 2.75) is 19.9 Å². The van der Waals surface area contributed by atoms with E-state index in [0.29, 0.717) is 0 Å². The summed E-state index contributed by atoms with van der Waals surface area (Å²) in [5, 5.41) is 8.87. The quantitative estimate of drug-likeness (QED) is 0.647. The van der Waals surface area contributed by atoms with Crippen LogP contribution < -0.4 is 0 Å². The molecule has 0 bridgehead atoms. The molecule has 14 heavy (non-hydrogen) atoms. The number of carboxylic acid groups (broad SMARTS) is 1. The van der Waals surface area contributed by atoms with Crippen LogP contribution in [0.5, 0.6) is 0 Å². The second-order valence-electron chi connectivity index (χ2n) is 3.41. The van der Waals surface area contributed by atoms with Crippen molar-refractivity contribution in [2.24, 2.45) is 5.92 Å².